The molecule has 1 fully saturated rings. The maximum absolute atomic E-state index is 4.40. The van der Waals surface area contributed by atoms with Gasteiger partial charge in [-0.25, -0.2) is 4.98 Å². The lowest BCUT2D eigenvalue weighted by molar-refractivity contribution is 0.658. The van der Waals surface area contributed by atoms with Crippen molar-refractivity contribution in [1.29, 1.82) is 0 Å². The average molecular weight is 247 g/mol. The molecule has 17 heavy (non-hydrogen) atoms. The lowest BCUT2D eigenvalue weighted by atomic mass is 10.3. The summed E-state index contributed by atoms with van der Waals surface area (Å²) < 4.78 is 1.30. The van der Waals surface area contributed by atoms with Crippen LogP contribution in [0.25, 0.3) is 10.1 Å². The molecule has 3 rings (SSSR count). The fourth-order valence-corrected chi connectivity index (χ4v) is 2.71. The van der Waals surface area contributed by atoms with Gasteiger partial charge >= 0.3 is 0 Å². The molecule has 1 aliphatic rings. The van der Waals surface area contributed by atoms with E-state index in [0.29, 0.717) is 0 Å². The van der Waals surface area contributed by atoms with Crippen LogP contribution in [0.15, 0.2) is 23.7 Å². The Balaban J connectivity index is 1.51. The van der Waals surface area contributed by atoms with E-state index >= 15 is 0 Å². The Morgan fingerprint density at radius 2 is 2.24 bits per heavy atom. The molecule has 1 aliphatic carbocycles. The minimum atomic E-state index is 0.813. The third-order valence-electron chi connectivity index (χ3n) is 3.04. The first-order chi connectivity index (χ1) is 8.43. The van der Waals surface area contributed by atoms with Gasteiger partial charge in [0.1, 0.15) is 5.82 Å². The molecular weight excluding hydrogens is 230 g/mol. The Labute approximate surface area is 105 Å². The molecule has 2 heterocycles. The van der Waals surface area contributed by atoms with E-state index in [-0.39, 0.29) is 0 Å². The van der Waals surface area contributed by atoms with E-state index in [1.54, 1.807) is 11.3 Å². The summed E-state index contributed by atoms with van der Waals surface area (Å²) in [5, 5.41) is 10.3. The lowest BCUT2D eigenvalue weighted by Crippen LogP contribution is -2.20. The summed E-state index contributed by atoms with van der Waals surface area (Å²) in [5.74, 6) is 1.02. The number of anilines is 1. The van der Waals surface area contributed by atoms with Gasteiger partial charge in [0.05, 0.1) is 0 Å². The number of fused-ring (bicyclic) bond motifs is 1. The molecule has 0 amide bonds. The Kier molecular flexibility index (Phi) is 3.25. The van der Waals surface area contributed by atoms with E-state index in [2.05, 4.69) is 33.1 Å². The van der Waals surface area contributed by atoms with E-state index in [1.807, 2.05) is 6.20 Å². The number of nitrogens with zero attached hydrogens (tertiary/aromatic N) is 1. The van der Waals surface area contributed by atoms with Crippen molar-refractivity contribution in [3.63, 3.8) is 0 Å². The van der Waals surface area contributed by atoms with Crippen LogP contribution in [0.4, 0.5) is 5.82 Å². The maximum atomic E-state index is 4.40. The Hall–Kier alpha value is -1.13. The summed E-state index contributed by atoms with van der Waals surface area (Å²) in [7, 11) is 0. The topological polar surface area (TPSA) is 37.0 Å². The Morgan fingerprint density at radius 1 is 1.29 bits per heavy atom. The van der Waals surface area contributed by atoms with Crippen LogP contribution in [0.3, 0.4) is 0 Å². The normalized spacial score (nSPS) is 15.3. The average Bonchev–Trinajstić information content (AvgIpc) is 3.04. The number of hydrogen-bond acceptors (Lipinski definition) is 4. The zero-order valence-electron chi connectivity index (χ0n) is 9.78. The molecule has 0 aromatic carbocycles. The summed E-state index contributed by atoms with van der Waals surface area (Å²) >= 11 is 1.77. The van der Waals surface area contributed by atoms with E-state index in [9.17, 15) is 0 Å². The van der Waals surface area contributed by atoms with Crippen LogP contribution < -0.4 is 10.6 Å². The van der Waals surface area contributed by atoms with Crippen molar-refractivity contribution in [2.45, 2.75) is 25.3 Å². The molecule has 0 unspecified atom stereocenters. The first-order valence-corrected chi connectivity index (χ1v) is 7.11. The summed E-state index contributed by atoms with van der Waals surface area (Å²) in [4.78, 5) is 4.40. The second-order valence-electron chi connectivity index (χ2n) is 4.50. The smallest absolute Gasteiger partial charge is 0.134 e. The van der Waals surface area contributed by atoms with Crippen molar-refractivity contribution in [2.24, 2.45) is 0 Å². The van der Waals surface area contributed by atoms with Gasteiger partial charge in [-0.15, -0.1) is 11.3 Å². The summed E-state index contributed by atoms with van der Waals surface area (Å²) in [6, 6.07) is 5.02. The highest BCUT2D eigenvalue weighted by molar-refractivity contribution is 7.17. The molecule has 4 heteroatoms. The van der Waals surface area contributed by atoms with Gasteiger partial charge in [0.25, 0.3) is 0 Å². The number of rotatable bonds is 6. The van der Waals surface area contributed by atoms with E-state index in [1.165, 1.54) is 22.9 Å². The van der Waals surface area contributed by atoms with Gasteiger partial charge in [-0.05, 0) is 43.3 Å². The zero-order chi connectivity index (χ0) is 11.5. The minimum Gasteiger partial charge on any atom is -0.369 e. The molecule has 0 atom stereocenters. The fourth-order valence-electron chi connectivity index (χ4n) is 1.92. The largest absolute Gasteiger partial charge is 0.369 e. The fraction of sp³-hybridized carbons (Fsp3) is 0.462. The molecule has 0 spiro atoms. The van der Waals surface area contributed by atoms with E-state index in [4.69, 9.17) is 0 Å². The van der Waals surface area contributed by atoms with Crippen molar-refractivity contribution in [2.75, 3.05) is 18.4 Å². The van der Waals surface area contributed by atoms with Crippen LogP contribution in [-0.2, 0) is 0 Å². The second-order valence-corrected chi connectivity index (χ2v) is 5.45. The van der Waals surface area contributed by atoms with Gasteiger partial charge in [-0.1, -0.05) is 0 Å². The first kappa shape index (κ1) is 11.0. The SMILES string of the molecule is c1cc2sccc2c(NCCCNC2CC2)n1. The predicted octanol–water partition coefficient (Wildman–Crippen LogP) is 2.85. The van der Waals surface area contributed by atoms with Crippen LogP contribution in [0, 0.1) is 0 Å². The summed E-state index contributed by atoms with van der Waals surface area (Å²) in [6.07, 6.45) is 5.76. The molecule has 2 aromatic rings. The van der Waals surface area contributed by atoms with Crippen molar-refractivity contribution in [3.05, 3.63) is 23.7 Å². The number of thiophene rings is 1. The summed E-state index contributed by atoms with van der Waals surface area (Å²) in [5.41, 5.74) is 0. The molecular formula is C13H17N3S. The predicted molar refractivity (Wildman–Crippen MR) is 73.8 cm³/mol. The number of nitrogens with one attached hydrogen (secondary N) is 2. The molecule has 1 saturated carbocycles. The molecule has 0 bridgehead atoms. The minimum absolute atomic E-state index is 0.813. The maximum Gasteiger partial charge on any atom is 0.134 e. The lowest BCUT2D eigenvalue weighted by Gasteiger charge is -2.07. The van der Waals surface area contributed by atoms with Gasteiger partial charge < -0.3 is 10.6 Å². The first-order valence-electron chi connectivity index (χ1n) is 6.23. The van der Waals surface area contributed by atoms with Gasteiger partial charge in [-0.3, -0.25) is 0 Å². The quantitative estimate of drug-likeness (QED) is 0.771. The van der Waals surface area contributed by atoms with Gasteiger partial charge in [0.15, 0.2) is 0 Å². The second kappa shape index (κ2) is 5.02. The third kappa shape index (κ3) is 2.76. The van der Waals surface area contributed by atoms with E-state index < -0.39 is 0 Å². The molecule has 90 valence electrons. The number of hydrogen-bond donors (Lipinski definition) is 2. The van der Waals surface area contributed by atoms with Crippen LogP contribution in [0.1, 0.15) is 19.3 Å². The van der Waals surface area contributed by atoms with Gasteiger partial charge in [0, 0.05) is 28.9 Å². The highest BCUT2D eigenvalue weighted by Crippen LogP contribution is 2.25. The molecule has 2 N–H and O–H groups in total. The van der Waals surface area contributed by atoms with Crippen molar-refractivity contribution in [1.82, 2.24) is 10.3 Å². The van der Waals surface area contributed by atoms with Gasteiger partial charge in [-0.2, -0.15) is 0 Å². The Bertz CT molecular complexity index is 490. The standard InChI is InChI=1S/C13H17N3S/c1(6-14-10-2-3-10)7-15-13-11-5-9-17-12(11)4-8-16-13/h4-5,8-10,14H,1-3,6-7H2,(H,15,16). The van der Waals surface area contributed by atoms with Crippen LogP contribution >= 0.6 is 11.3 Å². The molecule has 0 aliphatic heterocycles. The zero-order valence-corrected chi connectivity index (χ0v) is 10.6. The van der Waals surface area contributed by atoms with Crippen LogP contribution in [0.2, 0.25) is 0 Å². The summed E-state index contributed by atoms with van der Waals surface area (Å²) in [6.45, 7) is 2.10. The van der Waals surface area contributed by atoms with Crippen LogP contribution in [-0.4, -0.2) is 24.1 Å². The number of aromatic nitrogens is 1. The molecule has 0 radical (unpaired) electrons. The Morgan fingerprint density at radius 3 is 3.12 bits per heavy atom. The monoisotopic (exact) mass is 247 g/mol. The van der Waals surface area contributed by atoms with Crippen molar-refractivity contribution in [3.8, 4) is 0 Å². The molecule has 0 saturated heterocycles. The molecule has 2 aromatic heterocycles. The van der Waals surface area contributed by atoms with E-state index in [0.717, 1.165) is 31.4 Å². The van der Waals surface area contributed by atoms with Crippen LogP contribution in [0.5, 0.6) is 0 Å². The van der Waals surface area contributed by atoms with Gasteiger partial charge in [0.2, 0.25) is 0 Å². The highest BCUT2D eigenvalue weighted by atomic mass is 32.1. The third-order valence-corrected chi connectivity index (χ3v) is 3.92. The highest BCUT2D eigenvalue weighted by Gasteiger charge is 2.19. The van der Waals surface area contributed by atoms with Crippen molar-refractivity contribution < 1.29 is 0 Å². The number of pyridine rings is 1. The molecule has 3 nitrogen and oxygen atoms in total. The van der Waals surface area contributed by atoms with Crippen molar-refractivity contribution >= 4 is 27.2 Å².